The van der Waals surface area contributed by atoms with Crippen LogP contribution < -0.4 is 4.74 Å². The zero-order valence-corrected chi connectivity index (χ0v) is 12.0. The highest BCUT2D eigenvalue weighted by molar-refractivity contribution is 7.98. The van der Waals surface area contributed by atoms with Crippen molar-refractivity contribution in [3.05, 3.63) is 41.3 Å². The van der Waals surface area contributed by atoms with E-state index >= 15 is 0 Å². The van der Waals surface area contributed by atoms with Gasteiger partial charge in [-0.2, -0.15) is 4.98 Å². The van der Waals surface area contributed by atoms with Crippen LogP contribution in [0.5, 0.6) is 11.6 Å². The summed E-state index contributed by atoms with van der Waals surface area (Å²) < 4.78 is 5.73. The van der Waals surface area contributed by atoms with E-state index in [1.165, 1.54) is 4.90 Å². The zero-order valence-electron chi connectivity index (χ0n) is 10.5. The van der Waals surface area contributed by atoms with Crippen molar-refractivity contribution in [1.29, 1.82) is 0 Å². The quantitative estimate of drug-likeness (QED) is 0.613. The number of thioether (sulfide) groups is 1. The molecule has 1 heterocycles. The maximum absolute atomic E-state index is 6.00. The molecule has 0 aliphatic heterocycles. The van der Waals surface area contributed by atoms with Crippen molar-refractivity contribution in [2.75, 3.05) is 6.26 Å². The lowest BCUT2D eigenvalue weighted by Crippen LogP contribution is -1.96. The van der Waals surface area contributed by atoms with Crippen LogP contribution in [0.15, 0.2) is 35.2 Å². The number of rotatable bonds is 4. The highest BCUT2D eigenvalue weighted by atomic mass is 35.5. The third-order valence-corrected chi connectivity index (χ3v) is 3.85. The number of halogens is 1. The highest BCUT2D eigenvalue weighted by Gasteiger charge is 2.27. The third-order valence-electron chi connectivity index (χ3n) is 2.91. The summed E-state index contributed by atoms with van der Waals surface area (Å²) in [6.07, 6.45) is 4.33. The van der Waals surface area contributed by atoms with Crippen LogP contribution in [0, 0.1) is 0 Å². The van der Waals surface area contributed by atoms with Gasteiger partial charge in [-0.25, -0.2) is 4.98 Å². The molecule has 19 heavy (non-hydrogen) atoms. The molecule has 0 N–H and O–H groups in total. The van der Waals surface area contributed by atoms with Gasteiger partial charge in [0.15, 0.2) is 0 Å². The molecule has 1 aliphatic rings. The minimum atomic E-state index is 0.438. The summed E-state index contributed by atoms with van der Waals surface area (Å²) >= 11 is 7.70. The first kappa shape index (κ1) is 12.8. The second-order valence-electron chi connectivity index (χ2n) is 4.44. The van der Waals surface area contributed by atoms with E-state index in [0.717, 1.165) is 24.4 Å². The van der Waals surface area contributed by atoms with Gasteiger partial charge in [0.1, 0.15) is 16.7 Å². The summed E-state index contributed by atoms with van der Waals surface area (Å²) in [7, 11) is 0. The number of benzene rings is 1. The Morgan fingerprint density at radius 1 is 1.21 bits per heavy atom. The maximum Gasteiger partial charge on any atom is 0.224 e. The first-order valence-electron chi connectivity index (χ1n) is 6.11. The third kappa shape index (κ3) is 3.19. The van der Waals surface area contributed by atoms with Crippen LogP contribution in [0.25, 0.3) is 0 Å². The number of hydrogen-bond donors (Lipinski definition) is 0. The Kier molecular flexibility index (Phi) is 3.62. The minimum absolute atomic E-state index is 0.438. The highest BCUT2D eigenvalue weighted by Crippen LogP contribution is 2.39. The molecule has 0 unspecified atom stereocenters. The van der Waals surface area contributed by atoms with E-state index in [4.69, 9.17) is 16.3 Å². The van der Waals surface area contributed by atoms with Crippen LogP contribution in [0.1, 0.15) is 24.6 Å². The van der Waals surface area contributed by atoms with Gasteiger partial charge < -0.3 is 4.74 Å². The fourth-order valence-electron chi connectivity index (χ4n) is 1.75. The lowest BCUT2D eigenvalue weighted by atomic mass is 10.3. The second kappa shape index (κ2) is 5.39. The second-order valence-corrected chi connectivity index (χ2v) is 5.71. The van der Waals surface area contributed by atoms with Gasteiger partial charge in [0.2, 0.25) is 5.88 Å². The van der Waals surface area contributed by atoms with Gasteiger partial charge >= 0.3 is 0 Å². The minimum Gasteiger partial charge on any atom is -0.439 e. The molecule has 5 heteroatoms. The average molecular weight is 293 g/mol. The predicted octanol–water partition coefficient (Wildman–Crippen LogP) is 4.52. The van der Waals surface area contributed by atoms with Crippen molar-refractivity contribution < 1.29 is 4.74 Å². The molecule has 3 nitrogen and oxygen atoms in total. The summed E-state index contributed by atoms with van der Waals surface area (Å²) in [5.74, 6) is 2.52. The zero-order chi connectivity index (χ0) is 13.2. The predicted molar refractivity (Wildman–Crippen MR) is 77.3 cm³/mol. The Labute approximate surface area is 121 Å². The monoisotopic (exact) mass is 292 g/mol. The smallest absolute Gasteiger partial charge is 0.224 e. The molecule has 0 bridgehead atoms. The molecule has 1 saturated carbocycles. The summed E-state index contributed by atoms with van der Waals surface area (Å²) in [4.78, 5) is 9.85. The van der Waals surface area contributed by atoms with Gasteiger partial charge in [0, 0.05) is 16.9 Å². The number of ether oxygens (including phenoxy) is 1. The van der Waals surface area contributed by atoms with Crippen LogP contribution in [-0.2, 0) is 0 Å². The molecule has 1 fully saturated rings. The summed E-state index contributed by atoms with van der Waals surface area (Å²) in [6, 6.07) is 9.54. The van der Waals surface area contributed by atoms with E-state index in [1.807, 2.05) is 30.5 Å². The van der Waals surface area contributed by atoms with Gasteiger partial charge in [-0.1, -0.05) is 11.6 Å². The van der Waals surface area contributed by atoms with Crippen molar-refractivity contribution in [3.63, 3.8) is 0 Å². The molecular formula is C14H13ClN2OS. The van der Waals surface area contributed by atoms with Crippen LogP contribution in [0.3, 0.4) is 0 Å². The molecule has 1 aromatic heterocycles. The summed E-state index contributed by atoms with van der Waals surface area (Å²) in [5.41, 5.74) is 0. The number of nitrogens with zero attached hydrogens (tertiary/aromatic N) is 2. The van der Waals surface area contributed by atoms with Gasteiger partial charge in [-0.15, -0.1) is 11.8 Å². The summed E-state index contributed by atoms with van der Waals surface area (Å²) in [5, 5.41) is 0.438. The van der Waals surface area contributed by atoms with Gasteiger partial charge in [-0.3, -0.25) is 0 Å². The molecule has 1 aromatic carbocycles. The van der Waals surface area contributed by atoms with E-state index in [0.29, 0.717) is 17.0 Å². The molecule has 98 valence electrons. The Hall–Kier alpha value is -1.26. The van der Waals surface area contributed by atoms with E-state index in [1.54, 1.807) is 17.8 Å². The first-order chi connectivity index (χ1) is 9.24. The fourth-order valence-corrected chi connectivity index (χ4v) is 2.34. The standard InChI is InChI=1S/C14H13ClN2OS/c1-19-11-6-4-10(5-7-11)18-13-8-12(15)16-14(17-13)9-2-3-9/h4-9H,2-3H2,1H3. The van der Waals surface area contributed by atoms with Crippen molar-refractivity contribution in [1.82, 2.24) is 9.97 Å². The Bertz CT molecular complexity index is 584. The molecule has 1 aliphatic carbocycles. The largest absolute Gasteiger partial charge is 0.439 e. The normalized spacial score (nSPS) is 14.4. The molecule has 0 spiro atoms. The maximum atomic E-state index is 6.00. The molecule has 0 radical (unpaired) electrons. The van der Waals surface area contributed by atoms with Crippen molar-refractivity contribution in [2.45, 2.75) is 23.7 Å². The van der Waals surface area contributed by atoms with Crippen LogP contribution in [0.4, 0.5) is 0 Å². The molecule has 0 saturated heterocycles. The van der Waals surface area contributed by atoms with Crippen LogP contribution >= 0.6 is 23.4 Å². The molecule has 0 amide bonds. The fraction of sp³-hybridized carbons (Fsp3) is 0.286. The van der Waals surface area contributed by atoms with Crippen LogP contribution in [0.2, 0.25) is 5.15 Å². The van der Waals surface area contributed by atoms with E-state index in [9.17, 15) is 0 Å². The number of aromatic nitrogens is 2. The van der Waals surface area contributed by atoms with Crippen molar-refractivity contribution in [2.24, 2.45) is 0 Å². The summed E-state index contributed by atoms with van der Waals surface area (Å²) in [6.45, 7) is 0. The SMILES string of the molecule is CSc1ccc(Oc2cc(Cl)nc(C3CC3)n2)cc1. The van der Waals surface area contributed by atoms with E-state index in [-0.39, 0.29) is 0 Å². The molecular weight excluding hydrogens is 280 g/mol. The topological polar surface area (TPSA) is 35.0 Å². The van der Waals surface area contributed by atoms with E-state index < -0.39 is 0 Å². The van der Waals surface area contributed by atoms with Crippen LogP contribution in [-0.4, -0.2) is 16.2 Å². The van der Waals surface area contributed by atoms with E-state index in [2.05, 4.69) is 9.97 Å². The van der Waals surface area contributed by atoms with Gasteiger partial charge in [0.25, 0.3) is 0 Å². The number of hydrogen-bond acceptors (Lipinski definition) is 4. The Morgan fingerprint density at radius 2 is 1.95 bits per heavy atom. The Morgan fingerprint density at radius 3 is 2.58 bits per heavy atom. The molecule has 3 rings (SSSR count). The van der Waals surface area contributed by atoms with Gasteiger partial charge in [0.05, 0.1) is 0 Å². The lowest BCUT2D eigenvalue weighted by molar-refractivity contribution is 0.458. The lowest BCUT2D eigenvalue weighted by Gasteiger charge is -2.07. The Balaban J connectivity index is 1.81. The van der Waals surface area contributed by atoms with Gasteiger partial charge in [-0.05, 0) is 43.4 Å². The van der Waals surface area contributed by atoms with Crippen molar-refractivity contribution in [3.8, 4) is 11.6 Å². The average Bonchev–Trinajstić information content (AvgIpc) is 3.23. The molecule has 0 atom stereocenters. The molecule has 2 aromatic rings. The first-order valence-corrected chi connectivity index (χ1v) is 7.71. The van der Waals surface area contributed by atoms with Crippen molar-refractivity contribution >= 4 is 23.4 Å².